The Balaban J connectivity index is 1.43. The molecule has 162 valence electrons. The van der Waals surface area contributed by atoms with Crippen molar-refractivity contribution in [3.63, 3.8) is 0 Å². The Bertz CT molecular complexity index is 1230. The van der Waals surface area contributed by atoms with Gasteiger partial charge in [0, 0.05) is 24.1 Å². The number of fused-ring (bicyclic) bond motifs is 1. The first-order valence-corrected chi connectivity index (χ1v) is 10.4. The molecule has 3 amide bonds. The second-order valence-corrected chi connectivity index (χ2v) is 8.10. The van der Waals surface area contributed by atoms with Gasteiger partial charge in [0.2, 0.25) is 11.8 Å². The maximum Gasteiger partial charge on any atom is 0.255 e. The highest BCUT2D eigenvalue weighted by atomic mass is 16.3. The Labute approximate surface area is 183 Å². The highest BCUT2D eigenvalue weighted by Gasteiger charge is 2.40. The molecule has 0 saturated carbocycles. The summed E-state index contributed by atoms with van der Waals surface area (Å²) in [5, 5.41) is 21.3. The lowest BCUT2D eigenvalue weighted by molar-refractivity contribution is -0.136. The van der Waals surface area contributed by atoms with Crippen LogP contribution in [0.2, 0.25) is 0 Å². The lowest BCUT2D eigenvalue weighted by Crippen LogP contribution is -2.52. The minimum Gasteiger partial charge on any atom is -0.382 e. The van der Waals surface area contributed by atoms with Crippen LogP contribution in [0.1, 0.15) is 51.7 Å². The van der Waals surface area contributed by atoms with Crippen molar-refractivity contribution in [2.75, 3.05) is 0 Å². The van der Waals surface area contributed by atoms with Crippen molar-refractivity contribution >= 4 is 17.7 Å². The summed E-state index contributed by atoms with van der Waals surface area (Å²) >= 11 is 0. The van der Waals surface area contributed by atoms with Crippen LogP contribution < -0.4 is 5.32 Å². The minimum atomic E-state index is -0.928. The monoisotopic (exact) mass is 431 g/mol. The Kier molecular flexibility index (Phi) is 4.82. The van der Waals surface area contributed by atoms with Crippen molar-refractivity contribution in [3.05, 3.63) is 76.6 Å². The molecule has 2 atom stereocenters. The zero-order valence-corrected chi connectivity index (χ0v) is 17.4. The van der Waals surface area contributed by atoms with E-state index in [2.05, 4.69) is 15.6 Å². The van der Waals surface area contributed by atoms with Gasteiger partial charge in [-0.05, 0) is 31.0 Å². The number of amides is 3. The molecule has 1 fully saturated rings. The molecule has 2 unspecified atom stereocenters. The smallest absolute Gasteiger partial charge is 0.255 e. The molecule has 9 heteroatoms. The molecule has 0 spiro atoms. The largest absolute Gasteiger partial charge is 0.382 e. The number of aliphatic hydroxyl groups is 1. The summed E-state index contributed by atoms with van der Waals surface area (Å²) in [6, 6.07) is 12.1. The third kappa shape index (κ3) is 3.36. The van der Waals surface area contributed by atoms with E-state index in [-0.39, 0.29) is 24.8 Å². The summed E-state index contributed by atoms with van der Waals surface area (Å²) in [7, 11) is 0. The molecule has 32 heavy (non-hydrogen) atoms. The molecule has 0 bridgehead atoms. The van der Waals surface area contributed by atoms with Gasteiger partial charge < -0.3 is 10.0 Å². The van der Waals surface area contributed by atoms with E-state index < -0.39 is 18.1 Å². The Morgan fingerprint density at radius 2 is 1.91 bits per heavy atom. The lowest BCUT2D eigenvalue weighted by atomic mass is 10.0. The van der Waals surface area contributed by atoms with Crippen molar-refractivity contribution in [3.8, 4) is 5.69 Å². The van der Waals surface area contributed by atoms with Crippen LogP contribution in [0.4, 0.5) is 0 Å². The highest BCUT2D eigenvalue weighted by molar-refractivity contribution is 6.05. The molecule has 3 aromatic rings. The summed E-state index contributed by atoms with van der Waals surface area (Å²) in [5.74, 6) is -1.03. The molecule has 2 aromatic carbocycles. The zero-order valence-electron chi connectivity index (χ0n) is 17.4. The van der Waals surface area contributed by atoms with Crippen LogP contribution in [0.3, 0.4) is 0 Å². The van der Waals surface area contributed by atoms with Gasteiger partial charge in [-0.15, -0.1) is 5.10 Å². The van der Waals surface area contributed by atoms with Gasteiger partial charge in [0.25, 0.3) is 5.91 Å². The maximum absolute atomic E-state index is 13.0. The Morgan fingerprint density at radius 3 is 2.66 bits per heavy atom. The normalized spacial score (nSPS) is 19.1. The van der Waals surface area contributed by atoms with Crippen LogP contribution in [0, 0.1) is 6.92 Å². The van der Waals surface area contributed by atoms with E-state index in [1.807, 2.05) is 37.3 Å². The highest BCUT2D eigenvalue weighted by Crippen LogP contribution is 2.31. The van der Waals surface area contributed by atoms with E-state index >= 15 is 0 Å². The van der Waals surface area contributed by atoms with E-state index in [0.717, 1.165) is 11.1 Å². The fraction of sp³-hybridized carbons (Fsp3) is 0.261. The predicted molar refractivity (Wildman–Crippen MR) is 113 cm³/mol. The molecule has 2 N–H and O–H groups in total. The Hall–Kier alpha value is -3.85. The third-order valence-corrected chi connectivity index (χ3v) is 5.99. The predicted octanol–water partition coefficient (Wildman–Crippen LogP) is 1.42. The summed E-state index contributed by atoms with van der Waals surface area (Å²) < 4.78 is 1.53. The molecule has 1 aromatic heterocycles. The molecule has 0 aliphatic carbocycles. The molecule has 5 rings (SSSR count). The fourth-order valence-electron chi connectivity index (χ4n) is 4.22. The van der Waals surface area contributed by atoms with Crippen molar-refractivity contribution in [2.24, 2.45) is 0 Å². The number of aliphatic hydroxyl groups excluding tert-OH is 1. The van der Waals surface area contributed by atoms with Crippen LogP contribution >= 0.6 is 0 Å². The molecule has 0 radical (unpaired) electrons. The number of piperidine rings is 1. The van der Waals surface area contributed by atoms with Crippen molar-refractivity contribution in [2.45, 2.75) is 38.5 Å². The number of nitrogens with zero attached hydrogens (tertiary/aromatic N) is 4. The van der Waals surface area contributed by atoms with Crippen molar-refractivity contribution in [1.82, 2.24) is 25.2 Å². The molecule has 2 aliphatic heterocycles. The lowest BCUT2D eigenvalue weighted by Gasteiger charge is -2.29. The minimum absolute atomic E-state index is 0.201. The van der Waals surface area contributed by atoms with E-state index in [1.165, 1.54) is 9.58 Å². The van der Waals surface area contributed by atoms with Crippen LogP contribution in [-0.2, 0) is 16.1 Å². The van der Waals surface area contributed by atoms with Crippen molar-refractivity contribution < 1.29 is 19.5 Å². The average Bonchev–Trinajstić information content (AvgIpc) is 3.39. The summed E-state index contributed by atoms with van der Waals surface area (Å²) in [6.07, 6.45) is 1.21. The van der Waals surface area contributed by atoms with E-state index in [4.69, 9.17) is 0 Å². The zero-order chi connectivity index (χ0) is 22.4. The standard InChI is InChI=1S/C23H21N5O4/c1-13-5-7-14(8-6-13)21(30)17-12-28(26-25-17)18-4-2-3-15-16(18)11-27(23(15)32)19-9-10-20(29)24-22(19)31/h2-8,12,19,21,30H,9-11H2,1H3,(H,24,29,31). The summed E-state index contributed by atoms with van der Waals surface area (Å²) in [5.41, 5.74) is 4.06. The first kappa shape index (κ1) is 20.1. The Morgan fingerprint density at radius 1 is 1.12 bits per heavy atom. The number of rotatable bonds is 4. The first-order chi connectivity index (χ1) is 15.4. The van der Waals surface area contributed by atoms with Gasteiger partial charge in [-0.3, -0.25) is 19.7 Å². The van der Waals surface area contributed by atoms with Gasteiger partial charge in [-0.1, -0.05) is 41.1 Å². The van der Waals surface area contributed by atoms with Gasteiger partial charge in [0.15, 0.2) is 0 Å². The van der Waals surface area contributed by atoms with Gasteiger partial charge in [-0.25, -0.2) is 4.68 Å². The van der Waals surface area contributed by atoms with Gasteiger partial charge in [-0.2, -0.15) is 0 Å². The number of carbonyl (C=O) groups excluding carboxylic acids is 3. The van der Waals surface area contributed by atoms with Gasteiger partial charge in [0.05, 0.1) is 11.9 Å². The third-order valence-electron chi connectivity index (χ3n) is 5.99. The number of imide groups is 1. The first-order valence-electron chi connectivity index (χ1n) is 10.4. The van der Waals surface area contributed by atoms with Crippen LogP contribution in [-0.4, -0.2) is 48.8 Å². The molecular weight excluding hydrogens is 410 g/mol. The maximum atomic E-state index is 13.0. The second kappa shape index (κ2) is 7.69. The molecule has 9 nitrogen and oxygen atoms in total. The van der Waals surface area contributed by atoms with E-state index in [9.17, 15) is 19.5 Å². The number of hydrogen-bond donors (Lipinski definition) is 2. The SMILES string of the molecule is Cc1ccc(C(O)c2cn(-c3cccc4c3CN(C3CCC(=O)NC3=O)C4=O)nn2)cc1. The van der Waals surface area contributed by atoms with Crippen molar-refractivity contribution in [1.29, 1.82) is 0 Å². The fourth-order valence-corrected chi connectivity index (χ4v) is 4.22. The molecule has 1 saturated heterocycles. The number of aryl methyl sites for hydroxylation is 1. The molecule has 3 heterocycles. The summed E-state index contributed by atoms with van der Waals surface area (Å²) in [4.78, 5) is 38.3. The summed E-state index contributed by atoms with van der Waals surface area (Å²) in [6.45, 7) is 2.20. The van der Waals surface area contributed by atoms with Crippen LogP contribution in [0.25, 0.3) is 5.69 Å². The number of hydrogen-bond acceptors (Lipinski definition) is 6. The second-order valence-electron chi connectivity index (χ2n) is 8.10. The van der Waals surface area contributed by atoms with Gasteiger partial charge >= 0.3 is 0 Å². The number of nitrogens with one attached hydrogen (secondary N) is 1. The molecule has 2 aliphatic rings. The average molecular weight is 431 g/mol. The van der Waals surface area contributed by atoms with Crippen LogP contribution in [0.5, 0.6) is 0 Å². The topological polar surface area (TPSA) is 117 Å². The number of carbonyl (C=O) groups is 3. The van der Waals surface area contributed by atoms with E-state index in [1.54, 1.807) is 18.3 Å². The van der Waals surface area contributed by atoms with E-state index in [0.29, 0.717) is 28.9 Å². The van der Waals surface area contributed by atoms with Gasteiger partial charge in [0.1, 0.15) is 17.8 Å². The number of aromatic nitrogens is 3. The number of benzene rings is 2. The quantitative estimate of drug-likeness (QED) is 0.604. The van der Waals surface area contributed by atoms with Crippen LogP contribution in [0.15, 0.2) is 48.7 Å². The molecular formula is C23H21N5O4.